The molecule has 0 spiro atoms. The number of hydrogen-bond donors (Lipinski definition) is 0. The van der Waals surface area contributed by atoms with Crippen LogP contribution in [0.5, 0.6) is 0 Å². The van der Waals surface area contributed by atoms with Crippen LogP contribution in [0.2, 0.25) is 0 Å². The molecule has 0 unspecified atom stereocenters. The van der Waals surface area contributed by atoms with E-state index in [1.165, 1.54) is 0 Å². The van der Waals surface area contributed by atoms with Gasteiger partial charge in [-0.15, -0.1) is 0 Å². The van der Waals surface area contributed by atoms with Crippen molar-refractivity contribution >= 4 is 38.4 Å². The fraction of sp³-hybridized carbons (Fsp3) is 0. The van der Waals surface area contributed by atoms with Gasteiger partial charge < -0.3 is 4.42 Å². The molecule has 33 heavy (non-hydrogen) atoms. The highest BCUT2D eigenvalue weighted by Crippen LogP contribution is 2.40. The normalized spacial score (nSPS) is 11.3. The molecule has 5 aromatic carbocycles. The smallest absolute Gasteiger partial charge is 0.193 e. The standard InChI is InChI=1S/C29H15F2NO/c1-32-18-15-25(30)29(26(31)16-18)23-12-11-19(20-6-2-3-7-21(20)23)17-10-13-28-24(14-17)22-8-4-5-9-27(22)33-28/h2-16H. The van der Waals surface area contributed by atoms with E-state index in [2.05, 4.69) is 10.9 Å². The molecule has 6 rings (SSSR count). The maximum atomic E-state index is 14.8. The van der Waals surface area contributed by atoms with E-state index in [0.29, 0.717) is 5.56 Å². The highest BCUT2D eigenvalue weighted by atomic mass is 19.1. The van der Waals surface area contributed by atoms with Crippen LogP contribution in [0.1, 0.15) is 0 Å². The second kappa shape index (κ2) is 7.29. The number of benzene rings is 5. The Hall–Kier alpha value is -4.49. The van der Waals surface area contributed by atoms with Crippen LogP contribution in [-0.2, 0) is 0 Å². The molecule has 0 radical (unpaired) electrons. The summed E-state index contributed by atoms with van der Waals surface area (Å²) in [7, 11) is 0. The maximum absolute atomic E-state index is 14.8. The Morgan fingerprint density at radius 3 is 1.94 bits per heavy atom. The number of rotatable bonds is 2. The number of fused-ring (bicyclic) bond motifs is 4. The monoisotopic (exact) mass is 431 g/mol. The van der Waals surface area contributed by atoms with E-state index >= 15 is 0 Å². The van der Waals surface area contributed by atoms with Crippen LogP contribution in [0, 0.1) is 18.2 Å². The molecule has 0 aliphatic rings. The summed E-state index contributed by atoms with van der Waals surface area (Å²) in [6, 6.07) is 27.3. The van der Waals surface area contributed by atoms with Crippen molar-refractivity contribution in [1.29, 1.82) is 0 Å². The van der Waals surface area contributed by atoms with Gasteiger partial charge in [-0.25, -0.2) is 13.6 Å². The van der Waals surface area contributed by atoms with E-state index in [1.54, 1.807) is 6.07 Å². The van der Waals surface area contributed by atoms with Crippen LogP contribution in [0.3, 0.4) is 0 Å². The molecule has 156 valence electrons. The van der Waals surface area contributed by atoms with Gasteiger partial charge in [-0.3, -0.25) is 0 Å². The van der Waals surface area contributed by atoms with Gasteiger partial charge in [0.1, 0.15) is 22.8 Å². The minimum atomic E-state index is -0.745. The molecule has 2 nitrogen and oxygen atoms in total. The first-order chi connectivity index (χ1) is 16.1. The zero-order valence-electron chi connectivity index (χ0n) is 17.3. The number of halogens is 2. The van der Waals surface area contributed by atoms with Crippen molar-refractivity contribution in [3.8, 4) is 22.3 Å². The largest absolute Gasteiger partial charge is 0.456 e. The summed E-state index contributed by atoms with van der Waals surface area (Å²) in [5.41, 5.74) is 3.86. The Labute approximate surface area is 188 Å². The Morgan fingerprint density at radius 1 is 0.606 bits per heavy atom. The maximum Gasteiger partial charge on any atom is 0.193 e. The van der Waals surface area contributed by atoms with Gasteiger partial charge in [0.15, 0.2) is 5.69 Å². The molecule has 4 heteroatoms. The lowest BCUT2D eigenvalue weighted by Crippen LogP contribution is -1.92. The summed E-state index contributed by atoms with van der Waals surface area (Å²) >= 11 is 0. The summed E-state index contributed by atoms with van der Waals surface area (Å²) in [4.78, 5) is 3.15. The second-order valence-corrected chi connectivity index (χ2v) is 7.91. The zero-order valence-corrected chi connectivity index (χ0v) is 17.3. The lowest BCUT2D eigenvalue weighted by Gasteiger charge is -2.14. The van der Waals surface area contributed by atoms with Crippen molar-refractivity contribution in [2.24, 2.45) is 0 Å². The highest BCUT2D eigenvalue weighted by Gasteiger charge is 2.18. The van der Waals surface area contributed by atoms with E-state index < -0.39 is 11.6 Å². The molecule has 1 heterocycles. The number of nitrogens with zero attached hydrogens (tertiary/aromatic N) is 1. The molecule has 0 fully saturated rings. The van der Waals surface area contributed by atoms with Crippen molar-refractivity contribution in [1.82, 2.24) is 0 Å². The second-order valence-electron chi connectivity index (χ2n) is 7.91. The average Bonchev–Trinajstić information content (AvgIpc) is 3.21. The Balaban J connectivity index is 1.60. The SMILES string of the molecule is [C-]#[N+]c1cc(F)c(-c2ccc(-c3ccc4oc5ccccc5c4c3)c3ccccc23)c(F)c1. The summed E-state index contributed by atoms with van der Waals surface area (Å²) in [5.74, 6) is -1.49. The molecule has 1 aromatic heterocycles. The lowest BCUT2D eigenvalue weighted by molar-refractivity contribution is 0.591. The van der Waals surface area contributed by atoms with Gasteiger partial charge in [0, 0.05) is 10.8 Å². The fourth-order valence-corrected chi connectivity index (χ4v) is 4.54. The molecular weight excluding hydrogens is 416 g/mol. The van der Waals surface area contributed by atoms with E-state index in [-0.39, 0.29) is 11.3 Å². The molecule has 0 aliphatic heterocycles. The number of para-hydroxylation sites is 1. The third-order valence-electron chi connectivity index (χ3n) is 6.04. The first kappa shape index (κ1) is 19.2. The van der Waals surface area contributed by atoms with Crippen LogP contribution >= 0.6 is 0 Å². The Kier molecular flexibility index (Phi) is 4.24. The quantitative estimate of drug-likeness (QED) is 0.250. The minimum absolute atomic E-state index is 0.0599. The first-order valence-electron chi connectivity index (χ1n) is 10.4. The van der Waals surface area contributed by atoms with E-state index in [9.17, 15) is 8.78 Å². The van der Waals surface area contributed by atoms with E-state index in [1.807, 2.05) is 66.7 Å². The zero-order chi connectivity index (χ0) is 22.5. The number of hydrogen-bond acceptors (Lipinski definition) is 1. The third kappa shape index (κ3) is 2.98. The van der Waals surface area contributed by atoms with Crippen LogP contribution in [0.25, 0.3) is 59.8 Å². The molecule has 0 bridgehead atoms. The average molecular weight is 431 g/mol. The van der Waals surface area contributed by atoms with Crippen molar-refractivity contribution in [2.75, 3.05) is 0 Å². The van der Waals surface area contributed by atoms with Crippen molar-refractivity contribution in [3.05, 3.63) is 114 Å². The molecule has 6 aromatic rings. The van der Waals surface area contributed by atoms with Crippen LogP contribution in [-0.4, -0.2) is 0 Å². The van der Waals surface area contributed by atoms with E-state index in [4.69, 9.17) is 11.0 Å². The molecular formula is C29H15F2NO. The van der Waals surface area contributed by atoms with Crippen LogP contribution < -0.4 is 0 Å². The van der Waals surface area contributed by atoms with Gasteiger partial charge in [0.25, 0.3) is 0 Å². The molecule has 0 atom stereocenters. The lowest BCUT2D eigenvalue weighted by atomic mass is 9.91. The Morgan fingerprint density at radius 2 is 1.21 bits per heavy atom. The third-order valence-corrected chi connectivity index (χ3v) is 6.04. The van der Waals surface area contributed by atoms with Gasteiger partial charge in [-0.05, 0) is 57.8 Å². The minimum Gasteiger partial charge on any atom is -0.456 e. The molecule has 0 N–H and O–H groups in total. The Bertz CT molecular complexity index is 1730. The topological polar surface area (TPSA) is 17.5 Å². The highest BCUT2D eigenvalue weighted by molar-refractivity contribution is 6.09. The van der Waals surface area contributed by atoms with Crippen LogP contribution in [0.4, 0.5) is 14.5 Å². The summed E-state index contributed by atoms with van der Waals surface area (Å²) in [6.07, 6.45) is 0. The molecule has 0 aliphatic carbocycles. The summed E-state index contributed by atoms with van der Waals surface area (Å²) in [6.45, 7) is 7.05. The molecule has 0 saturated carbocycles. The predicted molar refractivity (Wildman–Crippen MR) is 128 cm³/mol. The number of furan rings is 1. The predicted octanol–water partition coefficient (Wildman–Crippen LogP) is 8.90. The fourth-order valence-electron chi connectivity index (χ4n) is 4.54. The molecule has 0 amide bonds. The summed E-state index contributed by atoms with van der Waals surface area (Å²) in [5, 5.41) is 3.68. The van der Waals surface area contributed by atoms with Gasteiger partial charge in [0.05, 0.1) is 12.1 Å². The summed E-state index contributed by atoms with van der Waals surface area (Å²) < 4.78 is 35.6. The van der Waals surface area contributed by atoms with Gasteiger partial charge >= 0.3 is 0 Å². The van der Waals surface area contributed by atoms with Crippen molar-refractivity contribution in [3.63, 3.8) is 0 Å². The first-order valence-corrected chi connectivity index (χ1v) is 10.4. The van der Waals surface area contributed by atoms with Gasteiger partial charge in [-0.1, -0.05) is 60.7 Å². The van der Waals surface area contributed by atoms with Gasteiger partial charge in [0.2, 0.25) is 0 Å². The van der Waals surface area contributed by atoms with Crippen molar-refractivity contribution < 1.29 is 13.2 Å². The van der Waals surface area contributed by atoms with Crippen LogP contribution in [0.15, 0.2) is 95.4 Å². The molecule has 0 saturated heterocycles. The van der Waals surface area contributed by atoms with Gasteiger partial charge in [-0.2, -0.15) is 0 Å². The van der Waals surface area contributed by atoms with E-state index in [0.717, 1.165) is 56.0 Å². The van der Waals surface area contributed by atoms with Crippen molar-refractivity contribution in [2.45, 2.75) is 0 Å².